The Kier molecular flexibility index (Phi) is 7.64. The summed E-state index contributed by atoms with van der Waals surface area (Å²) in [6.07, 6.45) is 0. The number of para-hydroxylation sites is 1. The molecule has 0 aliphatic rings. The zero-order valence-corrected chi connectivity index (χ0v) is 20.3. The number of nitrogens with zero attached hydrogens (tertiary/aromatic N) is 4. The van der Waals surface area contributed by atoms with Crippen LogP contribution in [0.15, 0.2) is 66.7 Å². The molecule has 0 saturated heterocycles. The maximum Gasteiger partial charge on any atom is 0.245 e. The van der Waals surface area contributed by atoms with Crippen molar-refractivity contribution in [2.75, 3.05) is 33.2 Å². The van der Waals surface area contributed by atoms with Crippen molar-refractivity contribution in [3.8, 4) is 17.2 Å². The van der Waals surface area contributed by atoms with Crippen molar-refractivity contribution in [3.05, 3.63) is 72.3 Å². The molecule has 186 valence electrons. The Morgan fingerprint density at radius 3 is 2.36 bits per heavy atom. The highest BCUT2D eigenvalue weighted by Crippen LogP contribution is 2.29. The molecule has 0 bridgehead atoms. The average molecular weight is 490 g/mol. The van der Waals surface area contributed by atoms with Gasteiger partial charge in [-0.15, -0.1) is 5.10 Å². The number of carbonyl (C=O) groups excluding carboxylic acids is 2. The first-order valence-electron chi connectivity index (χ1n) is 11.2. The van der Waals surface area contributed by atoms with Crippen LogP contribution in [0.4, 0.5) is 5.69 Å². The summed E-state index contributed by atoms with van der Waals surface area (Å²) >= 11 is 0. The van der Waals surface area contributed by atoms with Crippen LogP contribution in [0.2, 0.25) is 0 Å². The minimum Gasteiger partial charge on any atom is -0.497 e. The number of aromatic nitrogens is 3. The van der Waals surface area contributed by atoms with E-state index in [0.717, 1.165) is 11.1 Å². The van der Waals surface area contributed by atoms with Crippen LogP contribution in [-0.4, -0.2) is 59.6 Å². The number of fused-ring (bicyclic) bond motifs is 1. The van der Waals surface area contributed by atoms with Gasteiger partial charge in [0, 0.05) is 12.6 Å². The molecule has 10 heteroatoms. The Balaban J connectivity index is 1.54. The summed E-state index contributed by atoms with van der Waals surface area (Å²) in [6.45, 7) is -0.00882. The third kappa shape index (κ3) is 5.72. The second-order valence-corrected chi connectivity index (χ2v) is 7.95. The quantitative estimate of drug-likeness (QED) is 0.365. The maximum atomic E-state index is 13.4. The Morgan fingerprint density at radius 1 is 0.917 bits per heavy atom. The average Bonchev–Trinajstić information content (AvgIpc) is 3.31. The predicted molar refractivity (Wildman–Crippen MR) is 134 cm³/mol. The lowest BCUT2D eigenvalue weighted by Gasteiger charge is -2.23. The van der Waals surface area contributed by atoms with E-state index < -0.39 is 0 Å². The van der Waals surface area contributed by atoms with Gasteiger partial charge >= 0.3 is 0 Å². The molecular formula is C26H27N5O5. The molecular weight excluding hydrogens is 462 g/mol. The predicted octanol–water partition coefficient (Wildman–Crippen LogP) is 3.12. The standard InChI is InChI=1S/C26H27N5O5/c1-34-19-10-8-18(9-11-19)15-30(26(33)17-31-23-7-5-4-6-21(23)28-29-31)16-25(32)27-22-13-12-20(35-2)14-24(22)36-3/h4-14H,15-17H2,1-3H3,(H,27,32). The van der Waals surface area contributed by atoms with Crippen LogP contribution in [0.1, 0.15) is 5.56 Å². The maximum absolute atomic E-state index is 13.4. The van der Waals surface area contributed by atoms with E-state index in [1.807, 2.05) is 48.5 Å². The first kappa shape index (κ1) is 24.5. The summed E-state index contributed by atoms with van der Waals surface area (Å²) < 4.78 is 17.3. The monoisotopic (exact) mass is 489 g/mol. The van der Waals surface area contributed by atoms with E-state index in [-0.39, 0.29) is 31.4 Å². The van der Waals surface area contributed by atoms with E-state index in [1.165, 1.54) is 16.7 Å². The Hall–Kier alpha value is -4.60. The van der Waals surface area contributed by atoms with Crippen molar-refractivity contribution in [2.45, 2.75) is 13.1 Å². The number of hydrogen-bond acceptors (Lipinski definition) is 7. The van der Waals surface area contributed by atoms with Crippen molar-refractivity contribution in [2.24, 2.45) is 0 Å². The molecule has 3 aromatic carbocycles. The highest BCUT2D eigenvalue weighted by Gasteiger charge is 2.21. The number of rotatable bonds is 10. The summed E-state index contributed by atoms with van der Waals surface area (Å²) in [5.74, 6) is 1.10. The van der Waals surface area contributed by atoms with Gasteiger partial charge in [0.05, 0.1) is 32.5 Å². The molecule has 0 unspecified atom stereocenters. The lowest BCUT2D eigenvalue weighted by molar-refractivity contribution is -0.136. The summed E-state index contributed by atoms with van der Waals surface area (Å²) in [4.78, 5) is 27.9. The van der Waals surface area contributed by atoms with Crippen LogP contribution in [0.3, 0.4) is 0 Å². The lowest BCUT2D eigenvalue weighted by Crippen LogP contribution is -2.39. The zero-order valence-electron chi connectivity index (χ0n) is 20.3. The molecule has 4 aromatic rings. The SMILES string of the molecule is COc1ccc(CN(CC(=O)Nc2ccc(OC)cc2OC)C(=O)Cn2nnc3ccccc32)cc1. The van der Waals surface area contributed by atoms with Crippen molar-refractivity contribution < 1.29 is 23.8 Å². The Labute approximate surface area is 208 Å². The molecule has 1 heterocycles. The molecule has 0 aliphatic carbocycles. The topological polar surface area (TPSA) is 108 Å². The van der Waals surface area contributed by atoms with E-state index >= 15 is 0 Å². The summed E-state index contributed by atoms with van der Waals surface area (Å²) in [7, 11) is 4.64. The van der Waals surface area contributed by atoms with E-state index in [0.29, 0.717) is 28.5 Å². The van der Waals surface area contributed by atoms with Gasteiger partial charge in [0.1, 0.15) is 35.9 Å². The van der Waals surface area contributed by atoms with E-state index in [2.05, 4.69) is 15.6 Å². The summed E-state index contributed by atoms with van der Waals surface area (Å²) in [5.41, 5.74) is 2.75. The summed E-state index contributed by atoms with van der Waals surface area (Å²) in [6, 6.07) is 19.8. The van der Waals surface area contributed by atoms with Crippen LogP contribution in [0.25, 0.3) is 11.0 Å². The number of amides is 2. The fraction of sp³-hybridized carbons (Fsp3) is 0.231. The van der Waals surface area contributed by atoms with Gasteiger partial charge in [0.2, 0.25) is 11.8 Å². The van der Waals surface area contributed by atoms with Gasteiger partial charge in [0.15, 0.2) is 0 Å². The first-order chi connectivity index (χ1) is 17.5. The molecule has 1 N–H and O–H groups in total. The molecule has 0 fully saturated rings. The number of ether oxygens (including phenoxy) is 3. The molecule has 2 amide bonds. The Morgan fingerprint density at radius 2 is 1.64 bits per heavy atom. The smallest absolute Gasteiger partial charge is 0.245 e. The van der Waals surface area contributed by atoms with Crippen molar-refractivity contribution in [1.29, 1.82) is 0 Å². The highest BCUT2D eigenvalue weighted by molar-refractivity contribution is 5.96. The van der Waals surface area contributed by atoms with Crippen LogP contribution in [0.5, 0.6) is 17.2 Å². The van der Waals surface area contributed by atoms with E-state index in [4.69, 9.17) is 14.2 Å². The fourth-order valence-corrected chi connectivity index (χ4v) is 3.71. The minimum atomic E-state index is -0.372. The van der Waals surface area contributed by atoms with Gasteiger partial charge in [-0.1, -0.05) is 29.5 Å². The number of benzene rings is 3. The zero-order chi connectivity index (χ0) is 25.5. The molecule has 0 saturated carbocycles. The Bertz CT molecular complexity index is 1350. The van der Waals surface area contributed by atoms with Gasteiger partial charge in [-0.25, -0.2) is 4.68 Å². The molecule has 4 rings (SSSR count). The molecule has 0 aliphatic heterocycles. The van der Waals surface area contributed by atoms with Gasteiger partial charge < -0.3 is 24.4 Å². The van der Waals surface area contributed by atoms with E-state index in [9.17, 15) is 9.59 Å². The normalized spacial score (nSPS) is 10.6. The second kappa shape index (κ2) is 11.2. The lowest BCUT2D eigenvalue weighted by atomic mass is 10.2. The van der Waals surface area contributed by atoms with Gasteiger partial charge in [-0.05, 0) is 42.0 Å². The molecule has 0 atom stereocenters. The van der Waals surface area contributed by atoms with Crippen molar-refractivity contribution in [1.82, 2.24) is 19.9 Å². The van der Waals surface area contributed by atoms with Crippen molar-refractivity contribution >= 4 is 28.5 Å². The number of nitrogens with one attached hydrogen (secondary N) is 1. The molecule has 36 heavy (non-hydrogen) atoms. The third-order valence-corrected chi connectivity index (χ3v) is 5.61. The molecule has 10 nitrogen and oxygen atoms in total. The fourth-order valence-electron chi connectivity index (χ4n) is 3.71. The van der Waals surface area contributed by atoms with E-state index in [1.54, 1.807) is 32.4 Å². The minimum absolute atomic E-state index is 0.0597. The van der Waals surface area contributed by atoms with Crippen LogP contribution in [0, 0.1) is 0 Å². The van der Waals surface area contributed by atoms with Gasteiger partial charge in [-0.2, -0.15) is 0 Å². The van der Waals surface area contributed by atoms with Crippen LogP contribution >= 0.6 is 0 Å². The van der Waals surface area contributed by atoms with Gasteiger partial charge in [0.25, 0.3) is 0 Å². The molecule has 0 radical (unpaired) electrons. The second-order valence-electron chi connectivity index (χ2n) is 7.95. The summed E-state index contributed by atoms with van der Waals surface area (Å²) in [5, 5.41) is 11.0. The van der Waals surface area contributed by atoms with Crippen molar-refractivity contribution in [3.63, 3.8) is 0 Å². The van der Waals surface area contributed by atoms with Gasteiger partial charge in [-0.3, -0.25) is 9.59 Å². The van der Waals surface area contributed by atoms with Crippen LogP contribution in [-0.2, 0) is 22.7 Å². The number of anilines is 1. The molecule has 0 spiro atoms. The highest BCUT2D eigenvalue weighted by atomic mass is 16.5. The number of methoxy groups -OCH3 is 3. The molecule has 1 aromatic heterocycles. The largest absolute Gasteiger partial charge is 0.497 e. The van der Waals surface area contributed by atoms with Crippen LogP contribution < -0.4 is 19.5 Å². The number of carbonyl (C=O) groups is 2. The first-order valence-corrected chi connectivity index (χ1v) is 11.2. The third-order valence-electron chi connectivity index (χ3n) is 5.61. The number of hydrogen-bond donors (Lipinski definition) is 1.